The third-order valence-electron chi connectivity index (χ3n) is 5.45. The number of rotatable bonds is 8. The molecule has 2 aromatic heterocycles. The van der Waals surface area contributed by atoms with E-state index in [-0.39, 0.29) is 23.5 Å². The van der Waals surface area contributed by atoms with E-state index in [4.69, 9.17) is 5.73 Å². The first-order chi connectivity index (χ1) is 15.9. The number of halogens is 3. The third-order valence-corrected chi connectivity index (χ3v) is 5.45. The molecule has 0 spiro atoms. The van der Waals surface area contributed by atoms with Gasteiger partial charge in [0.05, 0.1) is 11.3 Å². The first-order valence-corrected chi connectivity index (χ1v) is 10.8. The lowest BCUT2D eigenvalue weighted by atomic mass is 9.84. The van der Waals surface area contributed by atoms with Crippen LogP contribution in [0.25, 0.3) is 22.6 Å². The zero-order valence-corrected chi connectivity index (χ0v) is 19.2. The second-order valence-electron chi connectivity index (χ2n) is 8.77. The van der Waals surface area contributed by atoms with Gasteiger partial charge < -0.3 is 10.7 Å². The Labute approximate surface area is 194 Å². The molecular weight excluding hydrogens is 447 g/mol. The van der Waals surface area contributed by atoms with Crippen molar-refractivity contribution < 1.29 is 18.0 Å². The molecular formula is C24H26F3N5O2. The Morgan fingerprint density at radius 3 is 2.38 bits per heavy atom. The first kappa shape index (κ1) is 25.1. The second-order valence-corrected chi connectivity index (χ2v) is 8.77. The summed E-state index contributed by atoms with van der Waals surface area (Å²) in [6.45, 7) is 5.27. The number of alkyl halides is 3. The van der Waals surface area contributed by atoms with Crippen LogP contribution >= 0.6 is 0 Å². The smallest absolute Gasteiger partial charge is 0.369 e. The third kappa shape index (κ3) is 5.86. The SMILES string of the molecule is CCCCc1ncc(-c2cc(=O)[nH]c(-c3cc(CC(C)(C)C(N)=O)ccc3C(F)(F)F)n2)cn1. The summed E-state index contributed by atoms with van der Waals surface area (Å²) in [6, 6.07) is 4.67. The molecule has 2 heterocycles. The number of aryl methyl sites for hydroxylation is 1. The summed E-state index contributed by atoms with van der Waals surface area (Å²) in [6.07, 6.45) is 1.04. The van der Waals surface area contributed by atoms with Gasteiger partial charge in [-0.05, 0) is 30.5 Å². The van der Waals surface area contributed by atoms with E-state index in [0.29, 0.717) is 23.4 Å². The lowest BCUT2D eigenvalue weighted by molar-refractivity contribution is -0.137. The van der Waals surface area contributed by atoms with Gasteiger partial charge in [0.25, 0.3) is 5.56 Å². The molecule has 1 amide bonds. The number of H-pyrrole nitrogens is 1. The summed E-state index contributed by atoms with van der Waals surface area (Å²) in [5.74, 6) is -0.187. The van der Waals surface area contributed by atoms with E-state index in [2.05, 4.69) is 26.9 Å². The maximum atomic E-state index is 13.8. The molecule has 0 fully saturated rings. The number of nitrogens with two attached hydrogens (primary N) is 1. The van der Waals surface area contributed by atoms with Crippen LogP contribution in [0, 0.1) is 5.41 Å². The van der Waals surface area contributed by atoms with Crippen LogP contribution in [0.15, 0.2) is 41.5 Å². The molecule has 0 unspecified atom stereocenters. The lowest BCUT2D eigenvalue weighted by Gasteiger charge is -2.21. The lowest BCUT2D eigenvalue weighted by Crippen LogP contribution is -2.33. The molecule has 10 heteroatoms. The molecule has 34 heavy (non-hydrogen) atoms. The molecule has 0 atom stereocenters. The number of carbonyl (C=O) groups excluding carboxylic acids is 1. The number of benzene rings is 1. The number of hydrogen-bond acceptors (Lipinski definition) is 5. The van der Waals surface area contributed by atoms with Gasteiger partial charge in [-0.3, -0.25) is 9.59 Å². The minimum absolute atomic E-state index is 0.116. The highest BCUT2D eigenvalue weighted by atomic mass is 19.4. The standard InChI is InChI=1S/C24H26F3N5O2/c1-4-5-6-19-29-12-15(13-30-19)18-10-20(33)32-21(31-18)16-9-14(11-23(2,3)22(28)34)7-8-17(16)24(25,26)27/h7-10,12-13H,4-6,11H2,1-3H3,(H2,28,34)(H,31,32,33). The van der Waals surface area contributed by atoms with Gasteiger partial charge in [-0.2, -0.15) is 13.2 Å². The Bertz CT molecular complexity index is 1230. The number of nitrogens with one attached hydrogen (secondary N) is 1. The molecule has 0 saturated heterocycles. The van der Waals surface area contributed by atoms with E-state index in [0.717, 1.165) is 18.9 Å². The van der Waals surface area contributed by atoms with Gasteiger partial charge >= 0.3 is 6.18 Å². The Morgan fingerprint density at radius 1 is 1.12 bits per heavy atom. The van der Waals surface area contributed by atoms with E-state index in [1.165, 1.54) is 30.6 Å². The molecule has 0 aliphatic heterocycles. The van der Waals surface area contributed by atoms with Gasteiger partial charge in [-0.25, -0.2) is 15.0 Å². The van der Waals surface area contributed by atoms with Crippen molar-refractivity contribution >= 4 is 5.91 Å². The average Bonchev–Trinajstić information content (AvgIpc) is 2.76. The van der Waals surface area contributed by atoms with Crippen molar-refractivity contribution in [1.29, 1.82) is 0 Å². The largest absolute Gasteiger partial charge is 0.417 e. The van der Waals surface area contributed by atoms with Crippen LogP contribution in [0.4, 0.5) is 13.2 Å². The summed E-state index contributed by atoms with van der Waals surface area (Å²) < 4.78 is 41.4. The number of unbranched alkanes of at least 4 members (excludes halogenated alkanes) is 1. The van der Waals surface area contributed by atoms with Crippen molar-refractivity contribution in [2.75, 3.05) is 0 Å². The quantitative estimate of drug-likeness (QED) is 0.506. The van der Waals surface area contributed by atoms with Crippen LogP contribution in [0.5, 0.6) is 0 Å². The van der Waals surface area contributed by atoms with Gasteiger partial charge in [0.15, 0.2) is 0 Å². The minimum Gasteiger partial charge on any atom is -0.369 e. The van der Waals surface area contributed by atoms with E-state index >= 15 is 0 Å². The molecule has 3 N–H and O–H groups in total. The molecule has 0 aliphatic rings. The van der Waals surface area contributed by atoms with Crippen LogP contribution < -0.4 is 11.3 Å². The number of hydrogen-bond donors (Lipinski definition) is 2. The number of aromatic nitrogens is 4. The predicted molar refractivity (Wildman–Crippen MR) is 122 cm³/mol. The van der Waals surface area contributed by atoms with Crippen LogP contribution in [0.1, 0.15) is 50.6 Å². The van der Waals surface area contributed by atoms with Crippen molar-refractivity contribution in [2.24, 2.45) is 11.1 Å². The molecule has 0 aliphatic carbocycles. The highest BCUT2D eigenvalue weighted by Gasteiger charge is 2.35. The number of amides is 1. The monoisotopic (exact) mass is 473 g/mol. The van der Waals surface area contributed by atoms with Crippen LogP contribution in [-0.2, 0) is 23.8 Å². The summed E-state index contributed by atoms with van der Waals surface area (Å²) in [5, 5.41) is 0. The molecule has 180 valence electrons. The second kappa shape index (κ2) is 9.74. The number of aromatic amines is 1. The summed E-state index contributed by atoms with van der Waals surface area (Å²) >= 11 is 0. The molecule has 0 saturated carbocycles. The molecule has 7 nitrogen and oxygen atoms in total. The van der Waals surface area contributed by atoms with Crippen LogP contribution in [-0.4, -0.2) is 25.8 Å². The topological polar surface area (TPSA) is 115 Å². The van der Waals surface area contributed by atoms with Gasteiger partial charge in [0, 0.05) is 41.4 Å². The summed E-state index contributed by atoms with van der Waals surface area (Å²) in [5.41, 5.74) is 3.57. The van der Waals surface area contributed by atoms with E-state index in [1.807, 2.05) is 0 Å². The van der Waals surface area contributed by atoms with Crippen molar-refractivity contribution in [3.05, 3.63) is 64.0 Å². The Kier molecular flexibility index (Phi) is 7.18. The fourth-order valence-electron chi connectivity index (χ4n) is 3.43. The Morgan fingerprint density at radius 2 is 1.79 bits per heavy atom. The van der Waals surface area contributed by atoms with Crippen molar-refractivity contribution in [1.82, 2.24) is 19.9 Å². The fourth-order valence-corrected chi connectivity index (χ4v) is 3.43. The Hall–Kier alpha value is -3.56. The first-order valence-electron chi connectivity index (χ1n) is 10.8. The average molecular weight is 473 g/mol. The molecule has 0 radical (unpaired) electrons. The Balaban J connectivity index is 2.09. The molecule has 0 bridgehead atoms. The molecule has 3 aromatic rings. The van der Waals surface area contributed by atoms with Crippen LogP contribution in [0.3, 0.4) is 0 Å². The van der Waals surface area contributed by atoms with Gasteiger partial charge in [0.2, 0.25) is 5.91 Å². The summed E-state index contributed by atoms with van der Waals surface area (Å²) in [7, 11) is 0. The summed E-state index contributed by atoms with van der Waals surface area (Å²) in [4.78, 5) is 39.3. The maximum Gasteiger partial charge on any atom is 0.417 e. The van der Waals surface area contributed by atoms with E-state index < -0.39 is 28.6 Å². The fraction of sp³-hybridized carbons (Fsp3) is 0.375. The zero-order chi connectivity index (χ0) is 25.1. The van der Waals surface area contributed by atoms with Crippen molar-refractivity contribution in [3.8, 4) is 22.6 Å². The van der Waals surface area contributed by atoms with Crippen LogP contribution in [0.2, 0.25) is 0 Å². The number of nitrogens with zero attached hydrogens (tertiary/aromatic N) is 3. The van der Waals surface area contributed by atoms with Crippen molar-refractivity contribution in [2.45, 2.75) is 52.6 Å². The van der Waals surface area contributed by atoms with E-state index in [1.54, 1.807) is 13.8 Å². The maximum absolute atomic E-state index is 13.8. The number of carbonyl (C=O) groups is 1. The van der Waals surface area contributed by atoms with Crippen molar-refractivity contribution in [3.63, 3.8) is 0 Å². The molecule has 1 aromatic carbocycles. The number of primary amides is 1. The molecule has 3 rings (SSSR count). The predicted octanol–water partition coefficient (Wildman–Crippen LogP) is 4.31. The zero-order valence-electron chi connectivity index (χ0n) is 19.2. The van der Waals surface area contributed by atoms with Gasteiger partial charge in [-0.15, -0.1) is 0 Å². The van der Waals surface area contributed by atoms with Gasteiger partial charge in [-0.1, -0.05) is 33.3 Å². The normalized spacial score (nSPS) is 12.1. The highest BCUT2D eigenvalue weighted by Crippen LogP contribution is 2.37. The highest BCUT2D eigenvalue weighted by molar-refractivity contribution is 5.80. The van der Waals surface area contributed by atoms with E-state index in [9.17, 15) is 22.8 Å². The van der Waals surface area contributed by atoms with Gasteiger partial charge in [0.1, 0.15) is 11.6 Å². The minimum atomic E-state index is -4.69.